The number of aromatic nitrogens is 2. The molecule has 1 atom stereocenters. The number of rotatable bonds is 5. The standard InChI is InChI=1S/C19H29N3/c1-3-16(2)14-22-18-11-7-6-10-17(18)20-19(22)15-21-12-8-4-5-9-13-21/h6-7,10-11,16H,3-5,8-9,12-15H2,1-2H3. The van der Waals surface area contributed by atoms with Crippen LogP contribution in [-0.4, -0.2) is 27.5 Å². The van der Waals surface area contributed by atoms with Gasteiger partial charge >= 0.3 is 0 Å². The van der Waals surface area contributed by atoms with Gasteiger partial charge in [0, 0.05) is 6.54 Å². The molecule has 1 fully saturated rings. The third kappa shape index (κ3) is 3.52. The highest BCUT2D eigenvalue weighted by Crippen LogP contribution is 2.21. The van der Waals surface area contributed by atoms with E-state index in [-0.39, 0.29) is 0 Å². The number of fused-ring (bicyclic) bond motifs is 1. The first kappa shape index (κ1) is 15.5. The quantitative estimate of drug-likeness (QED) is 0.813. The van der Waals surface area contributed by atoms with Crippen LogP contribution in [0.2, 0.25) is 0 Å². The molecule has 1 saturated heterocycles. The molecule has 1 aromatic heterocycles. The molecule has 0 bridgehead atoms. The Kier molecular flexibility index (Phi) is 5.14. The van der Waals surface area contributed by atoms with Crippen LogP contribution in [0.5, 0.6) is 0 Å². The van der Waals surface area contributed by atoms with Crippen LogP contribution in [0.15, 0.2) is 24.3 Å². The molecule has 1 unspecified atom stereocenters. The van der Waals surface area contributed by atoms with Crippen LogP contribution in [0, 0.1) is 5.92 Å². The molecule has 3 heteroatoms. The summed E-state index contributed by atoms with van der Waals surface area (Å²) in [5.41, 5.74) is 2.45. The van der Waals surface area contributed by atoms with Crippen molar-refractivity contribution < 1.29 is 0 Å². The van der Waals surface area contributed by atoms with Gasteiger partial charge in [0.15, 0.2) is 0 Å². The minimum Gasteiger partial charge on any atom is -0.327 e. The zero-order valence-electron chi connectivity index (χ0n) is 14.1. The van der Waals surface area contributed by atoms with E-state index >= 15 is 0 Å². The second-order valence-corrected chi connectivity index (χ2v) is 6.83. The normalized spacial score (nSPS) is 18.5. The molecule has 2 heterocycles. The molecule has 2 aromatic rings. The molecule has 0 saturated carbocycles. The fourth-order valence-electron chi connectivity index (χ4n) is 3.38. The number of nitrogens with zero attached hydrogens (tertiary/aromatic N) is 3. The molecular weight excluding hydrogens is 270 g/mol. The Balaban J connectivity index is 1.87. The first-order valence-corrected chi connectivity index (χ1v) is 8.94. The van der Waals surface area contributed by atoms with Crippen LogP contribution in [0.3, 0.4) is 0 Å². The fraction of sp³-hybridized carbons (Fsp3) is 0.632. The Labute approximate surface area is 134 Å². The third-order valence-corrected chi connectivity index (χ3v) is 4.99. The summed E-state index contributed by atoms with van der Waals surface area (Å²) in [6.45, 7) is 9.16. The summed E-state index contributed by atoms with van der Waals surface area (Å²) in [7, 11) is 0. The fourth-order valence-corrected chi connectivity index (χ4v) is 3.38. The van der Waals surface area contributed by atoms with E-state index in [1.54, 1.807) is 0 Å². The average molecular weight is 299 g/mol. The number of likely N-dealkylation sites (tertiary alicyclic amines) is 1. The van der Waals surface area contributed by atoms with Crippen LogP contribution in [0.1, 0.15) is 51.8 Å². The first-order chi connectivity index (χ1) is 10.8. The van der Waals surface area contributed by atoms with Gasteiger partial charge in [0.25, 0.3) is 0 Å². The van der Waals surface area contributed by atoms with Crippen LogP contribution in [-0.2, 0) is 13.1 Å². The topological polar surface area (TPSA) is 21.1 Å². The lowest BCUT2D eigenvalue weighted by atomic mass is 10.1. The van der Waals surface area contributed by atoms with Gasteiger partial charge in [-0.05, 0) is 44.0 Å². The maximum absolute atomic E-state index is 4.95. The predicted octanol–water partition coefficient (Wildman–Crippen LogP) is 4.46. The van der Waals surface area contributed by atoms with Crippen molar-refractivity contribution in [1.82, 2.24) is 14.5 Å². The molecule has 3 nitrogen and oxygen atoms in total. The molecular formula is C19H29N3. The zero-order valence-corrected chi connectivity index (χ0v) is 14.1. The highest BCUT2D eigenvalue weighted by molar-refractivity contribution is 5.75. The maximum Gasteiger partial charge on any atom is 0.124 e. The number of hydrogen-bond donors (Lipinski definition) is 0. The molecule has 0 N–H and O–H groups in total. The van der Waals surface area contributed by atoms with E-state index in [1.807, 2.05) is 0 Å². The molecule has 1 aliphatic heterocycles. The van der Waals surface area contributed by atoms with Gasteiger partial charge in [-0.2, -0.15) is 0 Å². The Hall–Kier alpha value is -1.35. The van der Waals surface area contributed by atoms with E-state index < -0.39 is 0 Å². The van der Waals surface area contributed by atoms with Crippen LogP contribution < -0.4 is 0 Å². The highest BCUT2D eigenvalue weighted by Gasteiger charge is 2.16. The van der Waals surface area contributed by atoms with Crippen LogP contribution in [0.4, 0.5) is 0 Å². The largest absolute Gasteiger partial charge is 0.327 e. The summed E-state index contributed by atoms with van der Waals surface area (Å²) in [6.07, 6.45) is 6.67. The van der Waals surface area contributed by atoms with Crippen molar-refractivity contribution in [2.24, 2.45) is 5.92 Å². The van der Waals surface area contributed by atoms with E-state index in [4.69, 9.17) is 4.98 Å². The van der Waals surface area contributed by atoms with E-state index in [1.165, 1.54) is 56.5 Å². The summed E-state index contributed by atoms with van der Waals surface area (Å²) in [6, 6.07) is 8.59. The summed E-state index contributed by atoms with van der Waals surface area (Å²) >= 11 is 0. The first-order valence-electron chi connectivity index (χ1n) is 8.94. The Bertz CT molecular complexity index is 594. The number of hydrogen-bond acceptors (Lipinski definition) is 2. The second-order valence-electron chi connectivity index (χ2n) is 6.83. The van der Waals surface area contributed by atoms with Crippen LogP contribution in [0.25, 0.3) is 11.0 Å². The highest BCUT2D eigenvalue weighted by atomic mass is 15.2. The minimum absolute atomic E-state index is 0.695. The Morgan fingerprint density at radius 2 is 1.82 bits per heavy atom. The number of para-hydroxylation sites is 2. The summed E-state index contributed by atoms with van der Waals surface area (Å²) < 4.78 is 2.47. The molecule has 0 amide bonds. The average Bonchev–Trinajstić information content (AvgIpc) is 2.71. The van der Waals surface area contributed by atoms with Crippen molar-refractivity contribution in [3.63, 3.8) is 0 Å². The van der Waals surface area contributed by atoms with Crippen molar-refractivity contribution in [2.75, 3.05) is 13.1 Å². The van der Waals surface area contributed by atoms with E-state index in [9.17, 15) is 0 Å². The summed E-state index contributed by atoms with van der Waals surface area (Å²) in [5, 5.41) is 0. The molecule has 120 valence electrons. The van der Waals surface area contributed by atoms with Crippen LogP contribution >= 0.6 is 0 Å². The van der Waals surface area contributed by atoms with Gasteiger partial charge in [-0.1, -0.05) is 45.2 Å². The summed E-state index contributed by atoms with van der Waals surface area (Å²) in [5.74, 6) is 1.95. The Morgan fingerprint density at radius 1 is 1.09 bits per heavy atom. The SMILES string of the molecule is CCC(C)Cn1c(CN2CCCCCC2)nc2ccccc21. The van der Waals surface area contributed by atoms with Gasteiger partial charge in [0.1, 0.15) is 5.82 Å². The second kappa shape index (κ2) is 7.28. The van der Waals surface area contributed by atoms with E-state index in [2.05, 4.69) is 47.6 Å². The van der Waals surface area contributed by atoms with Gasteiger partial charge < -0.3 is 4.57 Å². The van der Waals surface area contributed by atoms with Crippen molar-refractivity contribution in [2.45, 2.75) is 59.0 Å². The lowest BCUT2D eigenvalue weighted by molar-refractivity contribution is 0.264. The summed E-state index contributed by atoms with van der Waals surface area (Å²) in [4.78, 5) is 7.54. The van der Waals surface area contributed by atoms with E-state index in [0.29, 0.717) is 5.92 Å². The number of benzene rings is 1. The van der Waals surface area contributed by atoms with Gasteiger partial charge in [-0.3, -0.25) is 4.90 Å². The lowest BCUT2D eigenvalue weighted by Gasteiger charge is -2.21. The predicted molar refractivity (Wildman–Crippen MR) is 92.9 cm³/mol. The lowest BCUT2D eigenvalue weighted by Crippen LogP contribution is -2.26. The van der Waals surface area contributed by atoms with Crippen molar-refractivity contribution in [3.05, 3.63) is 30.1 Å². The molecule has 0 radical (unpaired) electrons. The zero-order chi connectivity index (χ0) is 15.4. The smallest absolute Gasteiger partial charge is 0.124 e. The molecule has 0 aliphatic carbocycles. The Morgan fingerprint density at radius 3 is 2.55 bits per heavy atom. The molecule has 0 spiro atoms. The minimum atomic E-state index is 0.695. The maximum atomic E-state index is 4.95. The third-order valence-electron chi connectivity index (χ3n) is 4.99. The van der Waals surface area contributed by atoms with Gasteiger partial charge in [0.05, 0.1) is 17.6 Å². The molecule has 22 heavy (non-hydrogen) atoms. The molecule has 3 rings (SSSR count). The van der Waals surface area contributed by atoms with Crippen molar-refractivity contribution in [3.8, 4) is 0 Å². The molecule has 1 aromatic carbocycles. The van der Waals surface area contributed by atoms with Crippen molar-refractivity contribution >= 4 is 11.0 Å². The monoisotopic (exact) mass is 299 g/mol. The van der Waals surface area contributed by atoms with Crippen molar-refractivity contribution in [1.29, 1.82) is 0 Å². The number of imidazole rings is 1. The van der Waals surface area contributed by atoms with Gasteiger partial charge in [-0.25, -0.2) is 4.98 Å². The molecule has 1 aliphatic rings. The van der Waals surface area contributed by atoms with Gasteiger partial charge in [-0.15, -0.1) is 0 Å². The van der Waals surface area contributed by atoms with Gasteiger partial charge in [0.2, 0.25) is 0 Å². The van der Waals surface area contributed by atoms with E-state index in [0.717, 1.165) is 18.6 Å².